The molecule has 2 fully saturated rings. The van der Waals surface area contributed by atoms with E-state index in [9.17, 15) is 4.79 Å². The number of fused-ring (bicyclic) bond motifs is 1. The maximum atomic E-state index is 12.5. The number of carbonyl (C=O) groups is 1. The van der Waals surface area contributed by atoms with Crippen molar-refractivity contribution in [3.05, 3.63) is 23.5 Å². The van der Waals surface area contributed by atoms with Crippen molar-refractivity contribution < 1.29 is 14.3 Å². The molecule has 4 rings (SSSR count). The average Bonchev–Trinajstić information content (AvgIpc) is 2.47. The Labute approximate surface area is 155 Å². The van der Waals surface area contributed by atoms with Crippen LogP contribution in [0.5, 0.6) is 5.75 Å². The van der Waals surface area contributed by atoms with Gasteiger partial charge < -0.3 is 19.7 Å². The number of nitrogens with zero attached hydrogens (tertiary/aromatic N) is 2. The van der Waals surface area contributed by atoms with Crippen molar-refractivity contribution in [1.29, 1.82) is 0 Å². The molecule has 1 aromatic rings. The molecule has 1 N–H and O–H groups in total. The second-order valence-electron chi connectivity index (χ2n) is 9.19. The SMILES string of the molecule is CC1CN(C(=O)OC(C)(C)C)Cc2c(OC3CC4(CNC4)C3)ccnc21. The summed E-state index contributed by atoms with van der Waals surface area (Å²) in [7, 11) is 0. The predicted molar refractivity (Wildman–Crippen MR) is 98.2 cm³/mol. The minimum absolute atomic E-state index is 0.165. The summed E-state index contributed by atoms with van der Waals surface area (Å²) in [5.41, 5.74) is 2.06. The van der Waals surface area contributed by atoms with Crippen LogP contribution >= 0.6 is 0 Å². The minimum atomic E-state index is -0.494. The van der Waals surface area contributed by atoms with Crippen molar-refractivity contribution in [2.45, 2.75) is 64.7 Å². The summed E-state index contributed by atoms with van der Waals surface area (Å²) in [6.07, 6.45) is 4.06. The predicted octanol–water partition coefficient (Wildman–Crippen LogP) is 3.07. The molecular formula is C20H29N3O3. The first-order valence-corrected chi connectivity index (χ1v) is 9.58. The standard InChI is InChI=1S/C20H29N3O3/c1-13-9-23(18(24)26-19(2,3)4)10-15-16(5-6-22-17(13)15)25-14-7-20(8-14)11-21-12-20/h5-6,13-14,21H,7-12H2,1-4H3. The van der Waals surface area contributed by atoms with Crippen LogP contribution in [-0.2, 0) is 11.3 Å². The monoisotopic (exact) mass is 359 g/mol. The molecule has 2 aliphatic heterocycles. The second-order valence-corrected chi connectivity index (χ2v) is 9.19. The molecule has 6 heteroatoms. The van der Waals surface area contributed by atoms with Crippen LogP contribution < -0.4 is 10.1 Å². The van der Waals surface area contributed by atoms with Gasteiger partial charge in [-0.25, -0.2) is 4.79 Å². The van der Waals surface area contributed by atoms with Crippen LogP contribution in [0.25, 0.3) is 0 Å². The number of amides is 1. The van der Waals surface area contributed by atoms with E-state index in [2.05, 4.69) is 17.2 Å². The molecule has 0 bridgehead atoms. The summed E-state index contributed by atoms with van der Waals surface area (Å²) >= 11 is 0. The van der Waals surface area contributed by atoms with E-state index in [1.54, 1.807) is 4.90 Å². The third-order valence-corrected chi connectivity index (χ3v) is 5.62. The third kappa shape index (κ3) is 3.27. The molecule has 1 saturated heterocycles. The zero-order valence-electron chi connectivity index (χ0n) is 16.2. The van der Waals surface area contributed by atoms with Crippen LogP contribution in [0.2, 0.25) is 0 Å². The fraction of sp³-hybridized carbons (Fsp3) is 0.700. The Kier molecular flexibility index (Phi) is 4.14. The lowest BCUT2D eigenvalue weighted by Gasteiger charge is -2.53. The molecule has 3 aliphatic rings. The quantitative estimate of drug-likeness (QED) is 0.879. The Bertz CT molecular complexity index is 701. The van der Waals surface area contributed by atoms with Crippen molar-refractivity contribution >= 4 is 6.09 Å². The van der Waals surface area contributed by atoms with Gasteiger partial charge in [0.05, 0.1) is 18.3 Å². The summed E-state index contributed by atoms with van der Waals surface area (Å²) in [6, 6.07) is 1.94. The van der Waals surface area contributed by atoms with Crippen molar-refractivity contribution in [3.63, 3.8) is 0 Å². The molecular weight excluding hydrogens is 330 g/mol. The van der Waals surface area contributed by atoms with E-state index in [1.165, 1.54) is 0 Å². The van der Waals surface area contributed by atoms with Gasteiger partial charge in [-0.15, -0.1) is 0 Å². The van der Waals surface area contributed by atoms with Gasteiger partial charge in [-0.05, 0) is 39.7 Å². The van der Waals surface area contributed by atoms with Crippen molar-refractivity contribution in [1.82, 2.24) is 15.2 Å². The highest BCUT2D eigenvalue weighted by Gasteiger charge is 2.49. The van der Waals surface area contributed by atoms with E-state index < -0.39 is 5.60 Å². The fourth-order valence-electron chi connectivity index (χ4n) is 4.26. The van der Waals surface area contributed by atoms with Crippen LogP contribution in [-0.4, -0.2) is 47.3 Å². The Morgan fingerprint density at radius 2 is 2.08 bits per heavy atom. The molecule has 0 aromatic carbocycles. The van der Waals surface area contributed by atoms with E-state index in [1.807, 2.05) is 33.0 Å². The number of nitrogens with one attached hydrogen (secondary N) is 1. The number of carbonyl (C=O) groups excluding carboxylic acids is 1. The Balaban J connectivity index is 1.49. The smallest absolute Gasteiger partial charge is 0.410 e. The highest BCUT2D eigenvalue weighted by molar-refractivity contribution is 5.69. The Morgan fingerprint density at radius 1 is 1.35 bits per heavy atom. The molecule has 1 aliphatic carbocycles. The normalized spacial score (nSPS) is 24.5. The summed E-state index contributed by atoms with van der Waals surface area (Å²) in [4.78, 5) is 18.9. The Morgan fingerprint density at radius 3 is 2.69 bits per heavy atom. The lowest BCUT2D eigenvalue weighted by molar-refractivity contribution is -0.0503. The first-order valence-electron chi connectivity index (χ1n) is 9.58. The Hall–Kier alpha value is -1.82. The van der Waals surface area contributed by atoms with Gasteiger partial charge in [-0.1, -0.05) is 6.92 Å². The second kappa shape index (κ2) is 6.12. The number of hydrogen-bond donors (Lipinski definition) is 1. The van der Waals surface area contributed by atoms with Crippen LogP contribution in [0.4, 0.5) is 4.79 Å². The summed E-state index contributed by atoms with van der Waals surface area (Å²) in [6.45, 7) is 11.1. The number of ether oxygens (including phenoxy) is 2. The van der Waals surface area contributed by atoms with Gasteiger partial charge >= 0.3 is 6.09 Å². The zero-order valence-corrected chi connectivity index (χ0v) is 16.2. The van der Waals surface area contributed by atoms with E-state index in [-0.39, 0.29) is 18.1 Å². The van der Waals surface area contributed by atoms with E-state index >= 15 is 0 Å². The number of rotatable bonds is 2. The number of hydrogen-bond acceptors (Lipinski definition) is 5. The maximum Gasteiger partial charge on any atom is 0.410 e. The largest absolute Gasteiger partial charge is 0.490 e. The summed E-state index contributed by atoms with van der Waals surface area (Å²) in [5, 5.41) is 3.36. The molecule has 3 heterocycles. The molecule has 26 heavy (non-hydrogen) atoms. The molecule has 1 saturated carbocycles. The van der Waals surface area contributed by atoms with Gasteiger partial charge in [0.25, 0.3) is 0 Å². The van der Waals surface area contributed by atoms with Crippen molar-refractivity contribution in [2.75, 3.05) is 19.6 Å². The third-order valence-electron chi connectivity index (χ3n) is 5.62. The van der Waals surface area contributed by atoms with Gasteiger partial charge in [0.1, 0.15) is 11.4 Å². The van der Waals surface area contributed by atoms with Crippen molar-refractivity contribution in [2.24, 2.45) is 5.41 Å². The molecule has 1 atom stereocenters. The molecule has 1 amide bonds. The van der Waals surface area contributed by atoms with Gasteiger partial charge in [0.2, 0.25) is 0 Å². The highest BCUT2D eigenvalue weighted by Crippen LogP contribution is 2.46. The van der Waals surface area contributed by atoms with Crippen LogP contribution in [0.15, 0.2) is 12.3 Å². The average molecular weight is 359 g/mol. The summed E-state index contributed by atoms with van der Waals surface area (Å²) in [5.74, 6) is 1.04. The number of aromatic nitrogens is 1. The van der Waals surface area contributed by atoms with Crippen molar-refractivity contribution in [3.8, 4) is 5.75 Å². The first kappa shape index (κ1) is 17.6. The topological polar surface area (TPSA) is 63.7 Å². The van der Waals surface area contributed by atoms with Gasteiger partial charge in [0, 0.05) is 42.7 Å². The lowest BCUT2D eigenvalue weighted by Crippen LogP contribution is -2.62. The first-order chi connectivity index (χ1) is 12.2. The van der Waals surface area contributed by atoms with E-state index in [4.69, 9.17) is 9.47 Å². The van der Waals surface area contributed by atoms with Gasteiger partial charge in [-0.2, -0.15) is 0 Å². The summed E-state index contributed by atoms with van der Waals surface area (Å²) < 4.78 is 11.9. The zero-order chi connectivity index (χ0) is 18.5. The maximum absolute atomic E-state index is 12.5. The van der Waals surface area contributed by atoms with E-state index in [0.717, 1.165) is 42.9 Å². The van der Waals surface area contributed by atoms with Crippen LogP contribution in [0, 0.1) is 5.41 Å². The molecule has 0 radical (unpaired) electrons. The molecule has 142 valence electrons. The molecule has 1 spiro atoms. The lowest BCUT2D eigenvalue weighted by atomic mass is 9.63. The van der Waals surface area contributed by atoms with Gasteiger partial charge in [-0.3, -0.25) is 4.98 Å². The van der Waals surface area contributed by atoms with E-state index in [0.29, 0.717) is 18.5 Å². The fourth-order valence-corrected chi connectivity index (χ4v) is 4.26. The minimum Gasteiger partial charge on any atom is -0.490 e. The number of pyridine rings is 1. The molecule has 1 unspecified atom stereocenters. The van der Waals surface area contributed by atoms with Crippen LogP contribution in [0.3, 0.4) is 0 Å². The highest BCUT2D eigenvalue weighted by atomic mass is 16.6. The van der Waals surface area contributed by atoms with Crippen LogP contribution in [0.1, 0.15) is 57.7 Å². The molecule has 6 nitrogen and oxygen atoms in total. The van der Waals surface area contributed by atoms with Gasteiger partial charge in [0.15, 0.2) is 0 Å². The molecule has 1 aromatic heterocycles.